The summed E-state index contributed by atoms with van der Waals surface area (Å²) in [4.78, 5) is 21.0. The van der Waals surface area contributed by atoms with Crippen LogP contribution in [0.25, 0.3) is 11.4 Å². The van der Waals surface area contributed by atoms with Gasteiger partial charge in [-0.15, -0.1) is 0 Å². The highest BCUT2D eigenvalue weighted by molar-refractivity contribution is 6.03. The molecule has 1 N–H and O–H groups in total. The number of pyridine rings is 1. The van der Waals surface area contributed by atoms with Gasteiger partial charge in [-0.1, -0.05) is 36.2 Å². The average molecular weight is 348 g/mol. The van der Waals surface area contributed by atoms with E-state index in [1.807, 2.05) is 25.1 Å². The zero-order valence-corrected chi connectivity index (χ0v) is 14.6. The summed E-state index contributed by atoms with van der Waals surface area (Å²) in [5, 5.41) is 6.87. The van der Waals surface area contributed by atoms with E-state index in [0.717, 1.165) is 29.9 Å². The minimum absolute atomic E-state index is 0.201. The highest BCUT2D eigenvalue weighted by Gasteiger charge is 2.23. The lowest BCUT2D eigenvalue weighted by molar-refractivity contribution is 0.102. The van der Waals surface area contributed by atoms with Crippen LogP contribution in [0.5, 0.6) is 0 Å². The lowest BCUT2D eigenvalue weighted by Crippen LogP contribution is -2.12. The van der Waals surface area contributed by atoms with Crippen molar-refractivity contribution in [2.45, 2.75) is 38.5 Å². The van der Waals surface area contributed by atoms with E-state index in [0.29, 0.717) is 23.1 Å². The first-order valence-corrected chi connectivity index (χ1v) is 8.87. The molecule has 0 spiro atoms. The van der Waals surface area contributed by atoms with Gasteiger partial charge in [0.2, 0.25) is 11.7 Å². The number of benzene rings is 1. The van der Waals surface area contributed by atoms with Crippen molar-refractivity contribution in [2.75, 3.05) is 5.32 Å². The SMILES string of the molecule is Cc1ccc(NC(=O)c2ccc(-c3noc(C4CCCC4)n3)cc2)nc1. The molecule has 6 heteroatoms. The van der Waals surface area contributed by atoms with Gasteiger partial charge in [0.25, 0.3) is 5.91 Å². The van der Waals surface area contributed by atoms with Crippen molar-refractivity contribution in [1.82, 2.24) is 15.1 Å². The summed E-state index contributed by atoms with van der Waals surface area (Å²) >= 11 is 0. The Balaban J connectivity index is 1.46. The second-order valence-corrected chi connectivity index (χ2v) is 6.69. The summed E-state index contributed by atoms with van der Waals surface area (Å²) in [5.74, 6) is 2.02. The van der Waals surface area contributed by atoms with E-state index in [2.05, 4.69) is 20.4 Å². The third-order valence-corrected chi connectivity index (χ3v) is 4.70. The van der Waals surface area contributed by atoms with Gasteiger partial charge >= 0.3 is 0 Å². The largest absolute Gasteiger partial charge is 0.339 e. The fourth-order valence-corrected chi connectivity index (χ4v) is 3.19. The van der Waals surface area contributed by atoms with Crippen molar-refractivity contribution in [2.24, 2.45) is 0 Å². The van der Waals surface area contributed by atoms with Crippen LogP contribution in [0.1, 0.15) is 53.4 Å². The van der Waals surface area contributed by atoms with Crippen molar-refractivity contribution in [1.29, 1.82) is 0 Å². The zero-order chi connectivity index (χ0) is 17.9. The lowest BCUT2D eigenvalue weighted by atomic mass is 10.1. The highest BCUT2D eigenvalue weighted by Crippen LogP contribution is 2.33. The molecule has 0 aliphatic heterocycles. The minimum Gasteiger partial charge on any atom is -0.339 e. The molecule has 1 aromatic carbocycles. The monoisotopic (exact) mass is 348 g/mol. The van der Waals surface area contributed by atoms with E-state index in [9.17, 15) is 4.79 Å². The van der Waals surface area contributed by atoms with Crippen LogP contribution < -0.4 is 5.32 Å². The Labute approximate surface area is 151 Å². The van der Waals surface area contributed by atoms with E-state index in [-0.39, 0.29) is 5.91 Å². The quantitative estimate of drug-likeness (QED) is 0.758. The van der Waals surface area contributed by atoms with Crippen molar-refractivity contribution >= 4 is 11.7 Å². The number of aromatic nitrogens is 3. The maximum absolute atomic E-state index is 12.3. The van der Waals surface area contributed by atoms with E-state index < -0.39 is 0 Å². The number of nitrogens with zero attached hydrogens (tertiary/aromatic N) is 3. The van der Waals surface area contributed by atoms with Crippen LogP contribution in [0.2, 0.25) is 0 Å². The zero-order valence-electron chi connectivity index (χ0n) is 14.6. The normalized spacial score (nSPS) is 14.5. The lowest BCUT2D eigenvalue weighted by Gasteiger charge is -2.05. The summed E-state index contributed by atoms with van der Waals surface area (Å²) < 4.78 is 5.42. The van der Waals surface area contributed by atoms with Crippen LogP contribution in [0.15, 0.2) is 47.1 Å². The number of hydrogen-bond donors (Lipinski definition) is 1. The molecule has 0 unspecified atom stereocenters. The van der Waals surface area contributed by atoms with E-state index in [1.54, 1.807) is 24.4 Å². The summed E-state index contributed by atoms with van der Waals surface area (Å²) in [6, 6.07) is 10.9. The molecule has 1 aliphatic rings. The predicted octanol–water partition coefficient (Wildman–Crippen LogP) is 4.35. The Hall–Kier alpha value is -3.02. The summed E-state index contributed by atoms with van der Waals surface area (Å²) in [5.41, 5.74) is 2.43. The molecule has 1 saturated carbocycles. The number of rotatable bonds is 4. The van der Waals surface area contributed by atoms with Crippen LogP contribution in [-0.2, 0) is 0 Å². The van der Waals surface area contributed by atoms with E-state index in [4.69, 9.17) is 4.52 Å². The van der Waals surface area contributed by atoms with Gasteiger partial charge in [-0.3, -0.25) is 4.79 Å². The molecule has 26 heavy (non-hydrogen) atoms. The number of hydrogen-bond acceptors (Lipinski definition) is 5. The molecule has 0 saturated heterocycles. The number of anilines is 1. The fourth-order valence-electron chi connectivity index (χ4n) is 3.19. The Kier molecular flexibility index (Phi) is 4.48. The highest BCUT2D eigenvalue weighted by atomic mass is 16.5. The van der Waals surface area contributed by atoms with Gasteiger partial charge in [0.05, 0.1) is 0 Å². The van der Waals surface area contributed by atoms with E-state index >= 15 is 0 Å². The summed E-state index contributed by atoms with van der Waals surface area (Å²) in [6.45, 7) is 1.95. The fraction of sp³-hybridized carbons (Fsp3) is 0.300. The molecule has 1 fully saturated rings. The average Bonchev–Trinajstić information content (AvgIpc) is 3.35. The molecule has 6 nitrogen and oxygen atoms in total. The maximum atomic E-state index is 12.3. The first kappa shape index (κ1) is 16.4. The molecule has 132 valence electrons. The van der Waals surface area contributed by atoms with Gasteiger partial charge in [0.1, 0.15) is 5.82 Å². The molecule has 0 atom stereocenters. The van der Waals surface area contributed by atoms with Crippen molar-refractivity contribution in [3.8, 4) is 11.4 Å². The summed E-state index contributed by atoms with van der Waals surface area (Å²) in [6.07, 6.45) is 6.41. The number of nitrogens with one attached hydrogen (secondary N) is 1. The number of aryl methyl sites for hydroxylation is 1. The smallest absolute Gasteiger partial charge is 0.256 e. The van der Waals surface area contributed by atoms with E-state index in [1.165, 1.54) is 12.8 Å². The van der Waals surface area contributed by atoms with Gasteiger partial charge in [-0.25, -0.2) is 4.98 Å². The molecule has 0 bridgehead atoms. The molecular weight excluding hydrogens is 328 g/mol. The van der Waals surface area contributed by atoms with Crippen molar-refractivity contribution in [3.05, 3.63) is 59.6 Å². The minimum atomic E-state index is -0.201. The first-order valence-electron chi connectivity index (χ1n) is 8.87. The molecule has 2 heterocycles. The van der Waals surface area contributed by atoms with Crippen LogP contribution >= 0.6 is 0 Å². The van der Waals surface area contributed by atoms with Crippen molar-refractivity contribution < 1.29 is 9.32 Å². The Morgan fingerprint density at radius 1 is 1.12 bits per heavy atom. The van der Waals surface area contributed by atoms with Gasteiger partial charge in [-0.05, 0) is 43.5 Å². The van der Waals surface area contributed by atoms with Crippen LogP contribution in [0.3, 0.4) is 0 Å². The second kappa shape index (κ2) is 7.07. The van der Waals surface area contributed by atoms with Gasteiger partial charge in [0, 0.05) is 23.2 Å². The molecular formula is C20H20N4O2. The Bertz CT molecular complexity index is 894. The maximum Gasteiger partial charge on any atom is 0.256 e. The first-order chi connectivity index (χ1) is 12.7. The molecule has 3 aromatic rings. The predicted molar refractivity (Wildman–Crippen MR) is 97.9 cm³/mol. The van der Waals surface area contributed by atoms with Gasteiger partial charge < -0.3 is 9.84 Å². The molecule has 1 aliphatic carbocycles. The topological polar surface area (TPSA) is 80.9 Å². The number of amides is 1. The summed E-state index contributed by atoms with van der Waals surface area (Å²) in [7, 11) is 0. The Morgan fingerprint density at radius 2 is 1.88 bits per heavy atom. The van der Waals surface area contributed by atoms with Crippen LogP contribution in [-0.4, -0.2) is 21.0 Å². The number of carbonyl (C=O) groups excluding carboxylic acids is 1. The third-order valence-electron chi connectivity index (χ3n) is 4.70. The van der Waals surface area contributed by atoms with Crippen molar-refractivity contribution in [3.63, 3.8) is 0 Å². The molecule has 2 aromatic heterocycles. The number of carbonyl (C=O) groups is 1. The van der Waals surface area contributed by atoms with Gasteiger partial charge in [-0.2, -0.15) is 4.98 Å². The van der Waals surface area contributed by atoms with Crippen LogP contribution in [0.4, 0.5) is 5.82 Å². The Morgan fingerprint density at radius 3 is 2.58 bits per heavy atom. The molecule has 4 rings (SSSR count). The van der Waals surface area contributed by atoms with Gasteiger partial charge in [0.15, 0.2) is 0 Å². The standard InChI is InChI=1S/C20H20N4O2/c1-13-6-11-17(21-12-13)22-19(25)15-9-7-14(8-10-15)18-23-20(26-24-18)16-4-2-3-5-16/h6-12,16H,2-5H2,1H3,(H,21,22,25). The molecule has 1 amide bonds. The van der Waals surface area contributed by atoms with Crippen LogP contribution in [0, 0.1) is 6.92 Å². The molecule has 0 radical (unpaired) electrons. The third kappa shape index (κ3) is 3.49. The second-order valence-electron chi connectivity index (χ2n) is 6.69.